The second-order valence-electron chi connectivity index (χ2n) is 5.13. The third-order valence-corrected chi connectivity index (χ3v) is 5.45. The molecule has 21 heavy (non-hydrogen) atoms. The van der Waals surface area contributed by atoms with Gasteiger partial charge in [-0.1, -0.05) is 13.8 Å². The molecule has 0 bridgehead atoms. The molecule has 0 aliphatic rings. The molecule has 0 aliphatic carbocycles. The number of rotatable bonds is 4. The molecule has 2 rings (SSSR count). The minimum absolute atomic E-state index is 0.343. The zero-order valence-electron chi connectivity index (χ0n) is 12.5. The fourth-order valence-electron chi connectivity index (χ4n) is 2.71. The average molecular weight is 310 g/mol. The third-order valence-electron chi connectivity index (χ3n) is 4.28. The van der Waals surface area contributed by atoms with E-state index in [2.05, 4.69) is 0 Å². The van der Waals surface area contributed by atoms with E-state index in [1.165, 1.54) is 23.0 Å². The van der Waals surface area contributed by atoms with Gasteiger partial charge >= 0.3 is 11.7 Å². The lowest BCUT2D eigenvalue weighted by molar-refractivity contribution is -0.144. The largest absolute Gasteiger partial charge is 0.481 e. The second kappa shape index (κ2) is 5.14. The summed E-state index contributed by atoms with van der Waals surface area (Å²) in [6, 6.07) is 0. The minimum atomic E-state index is -1.09. The van der Waals surface area contributed by atoms with Crippen molar-refractivity contribution in [3.8, 4) is 0 Å². The summed E-state index contributed by atoms with van der Waals surface area (Å²) in [5.41, 5.74) is -1.44. The van der Waals surface area contributed by atoms with Crippen LogP contribution in [-0.4, -0.2) is 20.2 Å². The van der Waals surface area contributed by atoms with Crippen molar-refractivity contribution in [3.05, 3.63) is 31.1 Å². The van der Waals surface area contributed by atoms with Gasteiger partial charge in [-0.15, -0.1) is 11.3 Å². The fourth-order valence-corrected chi connectivity index (χ4v) is 4.12. The van der Waals surface area contributed by atoms with Gasteiger partial charge in [-0.25, -0.2) is 4.79 Å². The van der Waals surface area contributed by atoms with Crippen molar-refractivity contribution in [1.29, 1.82) is 0 Å². The molecule has 0 amide bonds. The van der Waals surface area contributed by atoms with E-state index in [1.807, 2.05) is 0 Å². The van der Waals surface area contributed by atoms with Crippen LogP contribution in [-0.2, 0) is 24.3 Å². The Balaban J connectivity index is 3.00. The Kier molecular flexibility index (Phi) is 3.79. The van der Waals surface area contributed by atoms with E-state index in [-0.39, 0.29) is 0 Å². The van der Waals surface area contributed by atoms with Crippen LogP contribution in [0, 0.1) is 0 Å². The highest BCUT2D eigenvalue weighted by Crippen LogP contribution is 2.39. The third kappa shape index (κ3) is 1.95. The molecule has 0 unspecified atom stereocenters. The molecule has 114 valence electrons. The monoisotopic (exact) mass is 310 g/mol. The summed E-state index contributed by atoms with van der Waals surface area (Å²) in [5, 5.41) is 11.7. The topological polar surface area (TPSA) is 81.3 Å². The molecule has 0 aliphatic heterocycles. The molecule has 2 aromatic rings. The number of aromatic nitrogens is 2. The van der Waals surface area contributed by atoms with E-state index in [9.17, 15) is 19.5 Å². The number of aliphatic carboxylic acids is 1. The molecule has 2 aromatic heterocycles. The maximum Gasteiger partial charge on any atom is 0.330 e. The van der Waals surface area contributed by atoms with Crippen molar-refractivity contribution < 1.29 is 9.90 Å². The van der Waals surface area contributed by atoms with Gasteiger partial charge in [0.25, 0.3) is 5.56 Å². The summed E-state index contributed by atoms with van der Waals surface area (Å²) >= 11 is 1.24. The molecular weight excluding hydrogens is 292 g/mol. The molecule has 0 aromatic carbocycles. The van der Waals surface area contributed by atoms with Gasteiger partial charge < -0.3 is 5.11 Å². The van der Waals surface area contributed by atoms with Crippen LogP contribution in [0.5, 0.6) is 0 Å². The van der Waals surface area contributed by atoms with Gasteiger partial charge in [0, 0.05) is 24.4 Å². The Morgan fingerprint density at radius 1 is 1.24 bits per heavy atom. The highest BCUT2D eigenvalue weighted by Gasteiger charge is 2.40. The van der Waals surface area contributed by atoms with Crippen LogP contribution in [0.1, 0.15) is 31.6 Å². The summed E-state index contributed by atoms with van der Waals surface area (Å²) < 4.78 is 2.41. The van der Waals surface area contributed by atoms with E-state index in [1.54, 1.807) is 26.3 Å². The van der Waals surface area contributed by atoms with Crippen LogP contribution in [0.15, 0.2) is 15.0 Å². The first kappa shape index (κ1) is 15.5. The van der Waals surface area contributed by atoms with Gasteiger partial charge in [0.2, 0.25) is 0 Å². The van der Waals surface area contributed by atoms with Crippen LogP contribution >= 0.6 is 11.3 Å². The fraction of sp³-hybridized carbons (Fsp3) is 0.500. The van der Waals surface area contributed by atoms with Gasteiger partial charge in [0.1, 0.15) is 5.41 Å². The number of nitrogens with zero attached hydrogens (tertiary/aromatic N) is 2. The Morgan fingerprint density at radius 3 is 2.29 bits per heavy atom. The van der Waals surface area contributed by atoms with Crippen molar-refractivity contribution in [2.75, 3.05) is 0 Å². The summed E-state index contributed by atoms with van der Waals surface area (Å²) in [4.78, 5) is 36.7. The van der Waals surface area contributed by atoms with E-state index in [0.717, 1.165) is 4.57 Å². The summed E-state index contributed by atoms with van der Waals surface area (Å²) in [5.74, 6) is -0.938. The van der Waals surface area contributed by atoms with Gasteiger partial charge in [-0.3, -0.25) is 18.7 Å². The predicted molar refractivity (Wildman–Crippen MR) is 82.2 cm³/mol. The van der Waals surface area contributed by atoms with Crippen molar-refractivity contribution in [2.24, 2.45) is 14.1 Å². The van der Waals surface area contributed by atoms with E-state index < -0.39 is 22.6 Å². The van der Waals surface area contributed by atoms with Gasteiger partial charge in [0.15, 0.2) is 0 Å². The van der Waals surface area contributed by atoms with E-state index in [0.29, 0.717) is 28.6 Å². The lowest BCUT2D eigenvalue weighted by Crippen LogP contribution is -2.39. The van der Waals surface area contributed by atoms with Gasteiger partial charge in [0.05, 0.1) is 10.9 Å². The zero-order valence-corrected chi connectivity index (χ0v) is 13.3. The Morgan fingerprint density at radius 2 is 1.81 bits per heavy atom. The number of hydrogen-bond donors (Lipinski definition) is 1. The smallest absolute Gasteiger partial charge is 0.330 e. The van der Waals surface area contributed by atoms with Crippen LogP contribution < -0.4 is 11.2 Å². The molecule has 0 saturated heterocycles. The zero-order chi connectivity index (χ0) is 15.9. The summed E-state index contributed by atoms with van der Waals surface area (Å²) in [6.45, 7) is 3.60. The standard InChI is InChI=1S/C14H18N2O4S/c1-5-14(6-2,12(18)19)10-9-8(7-21-10)15(3)13(20)16(4)11(9)17/h7H,5-6H2,1-4H3,(H,18,19). The van der Waals surface area contributed by atoms with Crippen LogP contribution in [0.3, 0.4) is 0 Å². The lowest BCUT2D eigenvalue weighted by Gasteiger charge is -2.25. The van der Waals surface area contributed by atoms with E-state index >= 15 is 0 Å². The number of hydrogen-bond acceptors (Lipinski definition) is 4. The van der Waals surface area contributed by atoms with Crippen LogP contribution in [0.25, 0.3) is 10.9 Å². The molecule has 1 N–H and O–H groups in total. The predicted octanol–water partition coefficient (Wildman–Crippen LogP) is 1.44. The maximum absolute atomic E-state index is 12.4. The van der Waals surface area contributed by atoms with Gasteiger partial charge in [-0.05, 0) is 12.8 Å². The van der Waals surface area contributed by atoms with Crippen molar-refractivity contribution in [3.63, 3.8) is 0 Å². The molecule has 0 radical (unpaired) electrons. The quantitative estimate of drug-likeness (QED) is 0.926. The molecule has 2 heterocycles. The first-order valence-electron chi connectivity index (χ1n) is 6.72. The Labute approximate surface area is 125 Å². The van der Waals surface area contributed by atoms with Crippen molar-refractivity contribution in [1.82, 2.24) is 9.13 Å². The first-order chi connectivity index (χ1) is 9.81. The highest BCUT2D eigenvalue weighted by atomic mass is 32.1. The van der Waals surface area contributed by atoms with Gasteiger partial charge in [-0.2, -0.15) is 0 Å². The molecule has 6 nitrogen and oxygen atoms in total. The van der Waals surface area contributed by atoms with Crippen LogP contribution in [0.2, 0.25) is 0 Å². The van der Waals surface area contributed by atoms with E-state index in [4.69, 9.17) is 0 Å². The average Bonchev–Trinajstić information content (AvgIpc) is 2.90. The van der Waals surface area contributed by atoms with Crippen molar-refractivity contribution >= 4 is 28.2 Å². The Hall–Kier alpha value is -1.89. The summed E-state index contributed by atoms with van der Waals surface area (Å²) in [6.07, 6.45) is 0.779. The summed E-state index contributed by atoms with van der Waals surface area (Å²) in [7, 11) is 2.99. The number of carboxylic acid groups (broad SMARTS) is 1. The van der Waals surface area contributed by atoms with Crippen molar-refractivity contribution in [2.45, 2.75) is 32.1 Å². The second-order valence-corrected chi connectivity index (χ2v) is 6.00. The Bertz CT molecular complexity index is 824. The molecule has 0 saturated carbocycles. The first-order valence-corrected chi connectivity index (χ1v) is 7.60. The molecule has 7 heteroatoms. The highest BCUT2D eigenvalue weighted by molar-refractivity contribution is 7.11. The minimum Gasteiger partial charge on any atom is -0.481 e. The number of thiophene rings is 1. The maximum atomic E-state index is 12.4. The number of carbonyl (C=O) groups is 1. The van der Waals surface area contributed by atoms with Crippen LogP contribution in [0.4, 0.5) is 0 Å². The number of aryl methyl sites for hydroxylation is 1. The molecule has 0 atom stereocenters. The molecule has 0 spiro atoms. The lowest BCUT2D eigenvalue weighted by atomic mass is 9.80. The molecule has 0 fully saturated rings. The SMILES string of the molecule is CCC(CC)(C(=O)O)c1scc2c1c(=O)n(C)c(=O)n2C. The number of fused-ring (bicyclic) bond motifs is 1. The normalized spacial score (nSPS) is 12.0. The number of carboxylic acids is 1. The molecular formula is C14H18N2O4S.